The Labute approximate surface area is 117 Å². The largest absolute Gasteiger partial charge is 0.487 e. The molecular weight excluding hydrogens is 330 g/mol. The minimum atomic E-state index is -4.16. The summed E-state index contributed by atoms with van der Waals surface area (Å²) < 4.78 is 55.3. The molecule has 1 rings (SSSR count). The standard InChI is InChI=1S/C12H14BrF4NO/c1-7(18-2)9-4-3-8(13)5-10(9)19-6-12(16,17)11(14)15/h3-5,7,11,18H,6H2,1-2H3. The Bertz CT molecular complexity index is 428. The van der Waals surface area contributed by atoms with Gasteiger partial charge in [-0.05, 0) is 26.1 Å². The highest BCUT2D eigenvalue weighted by Crippen LogP contribution is 2.31. The van der Waals surface area contributed by atoms with Crippen LogP contribution in [0.4, 0.5) is 17.6 Å². The van der Waals surface area contributed by atoms with Crippen LogP contribution in [0.5, 0.6) is 5.75 Å². The van der Waals surface area contributed by atoms with Crippen LogP contribution < -0.4 is 10.1 Å². The summed E-state index contributed by atoms with van der Waals surface area (Å²) in [6.07, 6.45) is -3.75. The molecule has 0 saturated heterocycles. The molecule has 1 unspecified atom stereocenters. The van der Waals surface area contributed by atoms with E-state index in [0.29, 0.717) is 10.0 Å². The summed E-state index contributed by atoms with van der Waals surface area (Å²) >= 11 is 3.18. The summed E-state index contributed by atoms with van der Waals surface area (Å²) in [5.74, 6) is -4.01. The lowest BCUT2D eigenvalue weighted by molar-refractivity contribution is -0.148. The number of halogens is 5. The van der Waals surface area contributed by atoms with E-state index in [1.54, 1.807) is 26.1 Å². The number of benzene rings is 1. The van der Waals surface area contributed by atoms with E-state index in [1.165, 1.54) is 6.07 Å². The molecule has 0 amide bonds. The fraction of sp³-hybridized carbons (Fsp3) is 0.500. The van der Waals surface area contributed by atoms with Gasteiger partial charge in [0.15, 0.2) is 6.61 Å². The second kappa shape index (κ2) is 6.56. The molecule has 0 heterocycles. The van der Waals surface area contributed by atoms with Gasteiger partial charge in [-0.25, -0.2) is 8.78 Å². The maximum absolute atomic E-state index is 12.8. The maximum Gasteiger partial charge on any atom is 0.340 e. The monoisotopic (exact) mass is 343 g/mol. The molecule has 0 bridgehead atoms. The van der Waals surface area contributed by atoms with Gasteiger partial charge in [0.05, 0.1) is 0 Å². The van der Waals surface area contributed by atoms with Crippen molar-refractivity contribution < 1.29 is 22.3 Å². The molecule has 108 valence electrons. The Morgan fingerprint density at radius 2 is 2.00 bits per heavy atom. The van der Waals surface area contributed by atoms with Gasteiger partial charge in [-0.1, -0.05) is 22.0 Å². The molecule has 0 radical (unpaired) electrons. The Hall–Kier alpha value is -0.820. The zero-order valence-electron chi connectivity index (χ0n) is 10.4. The molecule has 0 fully saturated rings. The summed E-state index contributed by atoms with van der Waals surface area (Å²) in [7, 11) is 1.70. The minimum absolute atomic E-state index is 0.150. The number of hydrogen-bond acceptors (Lipinski definition) is 2. The highest BCUT2D eigenvalue weighted by molar-refractivity contribution is 9.10. The van der Waals surface area contributed by atoms with Crippen molar-refractivity contribution in [1.29, 1.82) is 0 Å². The molecule has 1 N–H and O–H groups in total. The molecule has 1 aromatic carbocycles. The van der Waals surface area contributed by atoms with Crippen molar-refractivity contribution in [2.75, 3.05) is 13.7 Å². The van der Waals surface area contributed by atoms with Gasteiger partial charge in [0, 0.05) is 16.1 Å². The van der Waals surface area contributed by atoms with E-state index < -0.39 is 19.0 Å². The van der Waals surface area contributed by atoms with Gasteiger partial charge >= 0.3 is 12.3 Å². The van der Waals surface area contributed by atoms with E-state index in [1.807, 2.05) is 0 Å². The van der Waals surface area contributed by atoms with Gasteiger partial charge in [-0.2, -0.15) is 8.78 Å². The fourth-order valence-electron chi connectivity index (χ4n) is 1.38. The van der Waals surface area contributed by atoms with Crippen molar-refractivity contribution >= 4 is 15.9 Å². The number of hydrogen-bond donors (Lipinski definition) is 1. The molecule has 0 saturated carbocycles. The van der Waals surface area contributed by atoms with Crippen LogP contribution in [0.1, 0.15) is 18.5 Å². The first-order chi connectivity index (χ1) is 8.77. The van der Waals surface area contributed by atoms with Crippen LogP contribution in [0.2, 0.25) is 0 Å². The first-order valence-corrected chi connectivity index (χ1v) is 6.32. The van der Waals surface area contributed by atoms with Gasteiger partial charge in [-0.3, -0.25) is 0 Å². The predicted molar refractivity (Wildman–Crippen MR) is 68.1 cm³/mol. The highest BCUT2D eigenvalue weighted by atomic mass is 79.9. The molecule has 1 atom stereocenters. The van der Waals surface area contributed by atoms with E-state index in [2.05, 4.69) is 21.2 Å². The second-order valence-corrected chi connectivity index (χ2v) is 4.96. The average molecular weight is 344 g/mol. The number of ether oxygens (including phenoxy) is 1. The summed E-state index contributed by atoms with van der Waals surface area (Å²) in [5, 5.41) is 2.93. The molecule has 0 aliphatic heterocycles. The van der Waals surface area contributed by atoms with Crippen molar-refractivity contribution in [3.8, 4) is 5.75 Å². The molecule has 0 aliphatic rings. The van der Waals surface area contributed by atoms with Crippen LogP contribution >= 0.6 is 15.9 Å². The van der Waals surface area contributed by atoms with Crippen molar-refractivity contribution in [3.63, 3.8) is 0 Å². The summed E-state index contributed by atoms with van der Waals surface area (Å²) in [6, 6.07) is 4.73. The van der Waals surface area contributed by atoms with Gasteiger partial charge < -0.3 is 10.1 Å². The lowest BCUT2D eigenvalue weighted by Gasteiger charge is -2.20. The van der Waals surface area contributed by atoms with Crippen molar-refractivity contribution in [2.24, 2.45) is 0 Å². The average Bonchev–Trinajstić information content (AvgIpc) is 2.35. The van der Waals surface area contributed by atoms with E-state index in [4.69, 9.17) is 4.74 Å². The smallest absolute Gasteiger partial charge is 0.340 e. The minimum Gasteiger partial charge on any atom is -0.487 e. The first-order valence-electron chi connectivity index (χ1n) is 5.53. The molecule has 1 aromatic rings. The normalized spacial score (nSPS) is 13.7. The van der Waals surface area contributed by atoms with Gasteiger partial charge in [0.2, 0.25) is 0 Å². The summed E-state index contributed by atoms with van der Waals surface area (Å²) in [4.78, 5) is 0. The van der Waals surface area contributed by atoms with Crippen LogP contribution in [0.15, 0.2) is 22.7 Å². The Kier molecular flexibility index (Phi) is 5.61. The van der Waals surface area contributed by atoms with E-state index in [9.17, 15) is 17.6 Å². The molecule has 0 aromatic heterocycles. The third-order valence-electron chi connectivity index (χ3n) is 2.61. The molecule has 7 heteroatoms. The van der Waals surface area contributed by atoms with Gasteiger partial charge in [0.25, 0.3) is 0 Å². The number of alkyl halides is 4. The molecule has 0 aliphatic carbocycles. The number of nitrogens with one attached hydrogen (secondary N) is 1. The van der Waals surface area contributed by atoms with Crippen molar-refractivity contribution in [1.82, 2.24) is 5.32 Å². The number of rotatable bonds is 6. The molecule has 0 spiro atoms. The zero-order valence-corrected chi connectivity index (χ0v) is 12.0. The molecular formula is C12H14BrF4NO. The Morgan fingerprint density at radius 3 is 2.53 bits per heavy atom. The molecule has 19 heavy (non-hydrogen) atoms. The Balaban J connectivity index is 2.90. The summed E-state index contributed by atoms with van der Waals surface area (Å²) in [6.45, 7) is 0.450. The summed E-state index contributed by atoms with van der Waals surface area (Å²) in [5.41, 5.74) is 0.621. The van der Waals surface area contributed by atoms with E-state index in [-0.39, 0.29) is 11.8 Å². The fourth-order valence-corrected chi connectivity index (χ4v) is 1.72. The van der Waals surface area contributed by atoms with Crippen LogP contribution in [0, 0.1) is 0 Å². The third-order valence-corrected chi connectivity index (χ3v) is 3.11. The Morgan fingerprint density at radius 1 is 1.37 bits per heavy atom. The topological polar surface area (TPSA) is 21.3 Å². The SMILES string of the molecule is CNC(C)c1ccc(Br)cc1OCC(F)(F)C(F)F. The van der Waals surface area contributed by atoms with Gasteiger partial charge in [0.1, 0.15) is 5.75 Å². The van der Waals surface area contributed by atoms with Crippen molar-refractivity contribution in [2.45, 2.75) is 25.3 Å². The second-order valence-electron chi connectivity index (χ2n) is 4.04. The molecule has 2 nitrogen and oxygen atoms in total. The third kappa shape index (κ3) is 4.35. The first kappa shape index (κ1) is 16.2. The van der Waals surface area contributed by atoms with E-state index in [0.717, 1.165) is 0 Å². The van der Waals surface area contributed by atoms with Gasteiger partial charge in [-0.15, -0.1) is 0 Å². The lowest BCUT2D eigenvalue weighted by atomic mass is 10.1. The predicted octanol–water partition coefficient (Wildman–Crippen LogP) is 4.01. The van der Waals surface area contributed by atoms with Crippen LogP contribution in [0.3, 0.4) is 0 Å². The van der Waals surface area contributed by atoms with Crippen LogP contribution in [-0.4, -0.2) is 26.0 Å². The lowest BCUT2D eigenvalue weighted by Crippen LogP contribution is -2.34. The van der Waals surface area contributed by atoms with Crippen LogP contribution in [-0.2, 0) is 0 Å². The van der Waals surface area contributed by atoms with Crippen molar-refractivity contribution in [3.05, 3.63) is 28.2 Å². The highest BCUT2D eigenvalue weighted by Gasteiger charge is 2.41. The quantitative estimate of drug-likeness (QED) is 0.788. The van der Waals surface area contributed by atoms with E-state index >= 15 is 0 Å². The zero-order chi connectivity index (χ0) is 14.6. The maximum atomic E-state index is 12.8. The van der Waals surface area contributed by atoms with Crippen LogP contribution in [0.25, 0.3) is 0 Å².